The molecule has 0 aliphatic rings. The van der Waals surface area contributed by atoms with Gasteiger partial charge in [-0.1, -0.05) is 5.16 Å². The minimum atomic E-state index is -0.356. The van der Waals surface area contributed by atoms with Crippen LogP contribution in [0.2, 0.25) is 0 Å². The van der Waals surface area contributed by atoms with Gasteiger partial charge in [0.05, 0.1) is 16.9 Å². The minimum absolute atomic E-state index is 0.232. The third-order valence-corrected chi connectivity index (χ3v) is 4.63. The molecule has 0 radical (unpaired) electrons. The van der Waals surface area contributed by atoms with E-state index >= 15 is 0 Å². The Balaban J connectivity index is 1.45. The highest BCUT2D eigenvalue weighted by atomic mass is 19.1. The average Bonchev–Trinajstić information content (AvgIpc) is 3.35. The second-order valence-corrected chi connectivity index (χ2v) is 6.78. The highest BCUT2D eigenvalue weighted by Gasteiger charge is 2.17. The summed E-state index contributed by atoms with van der Waals surface area (Å²) in [6.45, 7) is 2.32. The lowest BCUT2D eigenvalue weighted by molar-refractivity contribution is 0.425. The number of nitrogens with one attached hydrogen (secondary N) is 1. The maximum absolute atomic E-state index is 13.2. The summed E-state index contributed by atoms with van der Waals surface area (Å²) in [6, 6.07) is 11.5. The summed E-state index contributed by atoms with van der Waals surface area (Å²) in [6.07, 6.45) is 2.87. The van der Waals surface area contributed by atoms with Gasteiger partial charge < -0.3 is 15.6 Å². The Bertz CT molecular complexity index is 1240. The Hall–Kier alpha value is -4.26. The molecule has 0 spiro atoms. The van der Waals surface area contributed by atoms with Gasteiger partial charge in [-0.25, -0.2) is 14.1 Å². The van der Waals surface area contributed by atoms with Crippen molar-refractivity contribution in [3.8, 4) is 23.2 Å². The van der Waals surface area contributed by atoms with E-state index in [9.17, 15) is 9.65 Å². The number of hydrogen-bond donors (Lipinski definition) is 2. The van der Waals surface area contributed by atoms with Crippen LogP contribution in [-0.4, -0.2) is 31.4 Å². The first-order chi connectivity index (χ1) is 15.1. The van der Waals surface area contributed by atoms with Crippen LogP contribution in [-0.2, 0) is 6.42 Å². The van der Waals surface area contributed by atoms with Crippen molar-refractivity contribution in [3.63, 3.8) is 0 Å². The van der Waals surface area contributed by atoms with E-state index in [2.05, 4.69) is 31.6 Å². The van der Waals surface area contributed by atoms with Crippen LogP contribution in [0.4, 0.5) is 16.0 Å². The zero-order valence-electron chi connectivity index (χ0n) is 16.7. The molecule has 0 fully saturated rings. The van der Waals surface area contributed by atoms with Crippen LogP contribution in [0.1, 0.15) is 23.5 Å². The zero-order valence-corrected chi connectivity index (χ0v) is 16.7. The summed E-state index contributed by atoms with van der Waals surface area (Å²) in [5.41, 5.74) is 8.31. The average molecular weight is 418 g/mol. The fourth-order valence-corrected chi connectivity index (χ4v) is 3.14. The van der Waals surface area contributed by atoms with Crippen LogP contribution < -0.4 is 11.1 Å². The molecule has 9 nitrogen and oxygen atoms in total. The molecule has 3 aromatic heterocycles. The van der Waals surface area contributed by atoms with Crippen LogP contribution in [0, 0.1) is 24.1 Å². The Morgan fingerprint density at radius 2 is 2.06 bits per heavy atom. The highest BCUT2D eigenvalue weighted by Crippen LogP contribution is 2.25. The Labute approximate surface area is 177 Å². The minimum Gasteiger partial charge on any atom is -0.382 e. The normalized spacial score (nSPS) is 10.7. The molecule has 0 bridgehead atoms. The van der Waals surface area contributed by atoms with Gasteiger partial charge in [0.2, 0.25) is 0 Å². The summed E-state index contributed by atoms with van der Waals surface area (Å²) in [4.78, 5) is 8.59. The summed E-state index contributed by atoms with van der Waals surface area (Å²) < 4.78 is 19.9. The molecule has 0 atom stereocenters. The number of benzene rings is 1. The van der Waals surface area contributed by atoms with Crippen LogP contribution in [0.3, 0.4) is 0 Å². The maximum Gasteiger partial charge on any atom is 0.261 e. The lowest BCUT2D eigenvalue weighted by Crippen LogP contribution is -2.06. The molecule has 0 saturated carbocycles. The summed E-state index contributed by atoms with van der Waals surface area (Å²) in [5.74, 6) is 1.44. The molecule has 3 heterocycles. The van der Waals surface area contributed by atoms with E-state index in [4.69, 9.17) is 10.3 Å². The number of nitriles is 1. The first kappa shape index (κ1) is 20.0. The van der Waals surface area contributed by atoms with E-state index in [-0.39, 0.29) is 11.6 Å². The molecule has 0 saturated heterocycles. The van der Waals surface area contributed by atoms with Gasteiger partial charge in [-0.05, 0) is 56.2 Å². The lowest BCUT2D eigenvalue weighted by atomic mass is 10.1. The number of nitrogens with two attached hydrogens (primary N) is 1. The molecule has 0 aliphatic carbocycles. The number of aromatic nitrogens is 5. The SMILES string of the molecule is Cc1noc(-c2cccnc2NCCCc2nn(-c3ccc(F)cc3)c(N)c2C#N)n1. The molecule has 156 valence electrons. The summed E-state index contributed by atoms with van der Waals surface area (Å²) in [5, 5.41) is 21.0. The number of nitrogen functional groups attached to an aromatic ring is 1. The highest BCUT2D eigenvalue weighted by molar-refractivity contribution is 5.68. The van der Waals surface area contributed by atoms with Crippen molar-refractivity contribution in [1.82, 2.24) is 24.9 Å². The summed E-state index contributed by atoms with van der Waals surface area (Å²) >= 11 is 0. The molecule has 4 rings (SSSR count). The molecule has 1 aromatic carbocycles. The Morgan fingerprint density at radius 1 is 1.26 bits per heavy atom. The second-order valence-electron chi connectivity index (χ2n) is 6.78. The number of halogens is 1. The molecule has 0 unspecified atom stereocenters. The number of aryl methyl sites for hydroxylation is 2. The summed E-state index contributed by atoms with van der Waals surface area (Å²) in [7, 11) is 0. The van der Waals surface area contributed by atoms with Crippen molar-refractivity contribution < 1.29 is 8.91 Å². The van der Waals surface area contributed by atoms with Gasteiger partial charge in [-0.3, -0.25) is 0 Å². The molecule has 3 N–H and O–H groups in total. The standard InChI is InChI=1S/C21H19FN8O/c1-13-27-21(31-29-13)16-4-2-10-25-20(16)26-11-3-5-18-17(12-23)19(24)30(28-18)15-8-6-14(22)7-9-15/h2,4,6-10H,3,5,11,24H2,1H3,(H,25,26). The molecule has 0 aliphatic heterocycles. The Morgan fingerprint density at radius 3 is 2.77 bits per heavy atom. The van der Waals surface area contributed by atoms with E-state index < -0.39 is 0 Å². The number of hydrogen-bond acceptors (Lipinski definition) is 8. The van der Waals surface area contributed by atoms with Gasteiger partial charge >= 0.3 is 0 Å². The quantitative estimate of drug-likeness (QED) is 0.437. The van der Waals surface area contributed by atoms with Crippen molar-refractivity contribution in [2.75, 3.05) is 17.6 Å². The van der Waals surface area contributed by atoms with E-state index in [0.717, 1.165) is 0 Å². The molecule has 0 amide bonds. The first-order valence-electron chi connectivity index (χ1n) is 9.60. The van der Waals surface area contributed by atoms with Gasteiger partial charge in [-0.2, -0.15) is 15.3 Å². The third-order valence-electron chi connectivity index (χ3n) is 4.63. The largest absolute Gasteiger partial charge is 0.382 e. The number of nitrogens with zero attached hydrogens (tertiary/aromatic N) is 6. The van der Waals surface area contributed by atoms with Crippen molar-refractivity contribution in [1.29, 1.82) is 5.26 Å². The third kappa shape index (κ3) is 4.20. The van der Waals surface area contributed by atoms with Gasteiger partial charge in [0.1, 0.15) is 29.1 Å². The fourth-order valence-electron chi connectivity index (χ4n) is 3.14. The number of rotatable bonds is 7. The fraction of sp³-hybridized carbons (Fsp3) is 0.190. The van der Waals surface area contributed by atoms with Crippen LogP contribution >= 0.6 is 0 Å². The molecule has 4 aromatic rings. The van der Waals surface area contributed by atoms with Crippen LogP contribution in [0.15, 0.2) is 47.1 Å². The zero-order chi connectivity index (χ0) is 21.8. The van der Waals surface area contributed by atoms with E-state index in [1.54, 1.807) is 31.3 Å². The smallest absolute Gasteiger partial charge is 0.261 e. The van der Waals surface area contributed by atoms with E-state index in [1.165, 1.54) is 16.8 Å². The topological polar surface area (TPSA) is 131 Å². The van der Waals surface area contributed by atoms with Gasteiger partial charge in [0.15, 0.2) is 5.82 Å². The molecular weight excluding hydrogens is 399 g/mol. The molecular formula is C21H19FN8O. The second kappa shape index (κ2) is 8.62. The number of anilines is 2. The van der Waals surface area contributed by atoms with Crippen molar-refractivity contribution in [2.45, 2.75) is 19.8 Å². The van der Waals surface area contributed by atoms with Crippen LogP contribution in [0.25, 0.3) is 17.1 Å². The van der Waals surface area contributed by atoms with Crippen LogP contribution in [0.5, 0.6) is 0 Å². The Kier molecular flexibility index (Phi) is 5.57. The van der Waals surface area contributed by atoms with E-state index in [0.29, 0.717) is 59.4 Å². The maximum atomic E-state index is 13.2. The van der Waals surface area contributed by atoms with Gasteiger partial charge in [0.25, 0.3) is 5.89 Å². The predicted octanol–water partition coefficient (Wildman–Crippen LogP) is 3.26. The van der Waals surface area contributed by atoms with Crippen molar-refractivity contribution in [3.05, 3.63) is 65.5 Å². The first-order valence-corrected chi connectivity index (χ1v) is 9.60. The van der Waals surface area contributed by atoms with Gasteiger partial charge in [0, 0.05) is 12.7 Å². The number of pyridine rings is 1. The van der Waals surface area contributed by atoms with Gasteiger partial charge in [-0.15, -0.1) is 0 Å². The predicted molar refractivity (Wildman–Crippen MR) is 112 cm³/mol. The molecule has 31 heavy (non-hydrogen) atoms. The van der Waals surface area contributed by atoms with Crippen molar-refractivity contribution in [2.24, 2.45) is 0 Å². The van der Waals surface area contributed by atoms with Crippen molar-refractivity contribution >= 4 is 11.6 Å². The van der Waals surface area contributed by atoms with E-state index in [1.807, 2.05) is 6.07 Å². The molecule has 10 heteroatoms. The lowest BCUT2D eigenvalue weighted by Gasteiger charge is -2.07. The monoisotopic (exact) mass is 418 g/mol.